The zero-order chi connectivity index (χ0) is 21.8. The van der Waals surface area contributed by atoms with Crippen molar-refractivity contribution in [3.05, 3.63) is 46.6 Å². The van der Waals surface area contributed by atoms with Gasteiger partial charge in [-0.15, -0.1) is 0 Å². The summed E-state index contributed by atoms with van der Waals surface area (Å²) in [4.78, 5) is 21.1. The monoisotopic (exact) mass is 458 g/mol. The molecule has 1 aliphatic carbocycles. The SMILES string of the molecule is O=C(NCCC1CCCCC1)Nc1cnc2ccc(-c3cc(Cl)c(O)c(Cl)c3)cc2n1. The van der Waals surface area contributed by atoms with Gasteiger partial charge in [-0.05, 0) is 47.7 Å². The molecular weight excluding hydrogens is 435 g/mol. The van der Waals surface area contributed by atoms with Crippen molar-refractivity contribution in [1.82, 2.24) is 15.3 Å². The Labute approximate surface area is 191 Å². The van der Waals surface area contributed by atoms with Crippen LogP contribution in [0.3, 0.4) is 0 Å². The average molecular weight is 459 g/mol. The molecule has 4 rings (SSSR count). The minimum Gasteiger partial charge on any atom is -0.505 e. The Morgan fingerprint density at radius 3 is 2.52 bits per heavy atom. The standard InChI is InChI=1S/C23H24Cl2N4O2/c24-17-10-16(11-18(25)22(17)30)15-6-7-19-20(12-15)28-21(13-27-19)29-23(31)26-9-8-14-4-2-1-3-5-14/h6-7,10-14,30H,1-5,8-9H2,(H2,26,28,29,31). The van der Waals surface area contributed by atoms with Crippen molar-refractivity contribution < 1.29 is 9.90 Å². The van der Waals surface area contributed by atoms with Crippen molar-refractivity contribution in [3.63, 3.8) is 0 Å². The number of nitrogens with zero attached hydrogens (tertiary/aromatic N) is 2. The number of carbonyl (C=O) groups is 1. The number of anilines is 1. The zero-order valence-corrected chi connectivity index (χ0v) is 18.5. The Morgan fingerprint density at radius 1 is 1.03 bits per heavy atom. The number of hydrogen-bond donors (Lipinski definition) is 3. The highest BCUT2D eigenvalue weighted by Crippen LogP contribution is 2.37. The lowest BCUT2D eigenvalue weighted by Crippen LogP contribution is -2.31. The molecule has 3 N–H and O–H groups in total. The van der Waals surface area contributed by atoms with Gasteiger partial charge in [0.1, 0.15) is 0 Å². The second-order valence-electron chi connectivity index (χ2n) is 7.92. The van der Waals surface area contributed by atoms with Crippen molar-refractivity contribution in [2.45, 2.75) is 38.5 Å². The lowest BCUT2D eigenvalue weighted by molar-refractivity contribution is 0.250. The summed E-state index contributed by atoms with van der Waals surface area (Å²) in [6.07, 6.45) is 9.01. The van der Waals surface area contributed by atoms with Crippen molar-refractivity contribution >= 4 is 46.1 Å². The highest BCUT2D eigenvalue weighted by molar-refractivity contribution is 6.37. The van der Waals surface area contributed by atoms with Gasteiger partial charge in [-0.25, -0.2) is 9.78 Å². The Balaban J connectivity index is 1.44. The van der Waals surface area contributed by atoms with Crippen LogP contribution in [0.25, 0.3) is 22.2 Å². The molecule has 2 amide bonds. The molecule has 0 saturated heterocycles. The van der Waals surface area contributed by atoms with E-state index in [2.05, 4.69) is 20.6 Å². The first-order valence-electron chi connectivity index (χ1n) is 10.5. The molecule has 1 saturated carbocycles. The number of benzene rings is 2. The van der Waals surface area contributed by atoms with Crippen molar-refractivity contribution in [1.29, 1.82) is 0 Å². The third kappa shape index (κ3) is 5.38. The Morgan fingerprint density at radius 2 is 1.77 bits per heavy atom. The number of hydrogen-bond acceptors (Lipinski definition) is 4. The van der Waals surface area contributed by atoms with Gasteiger partial charge in [-0.3, -0.25) is 10.3 Å². The summed E-state index contributed by atoms with van der Waals surface area (Å²) >= 11 is 12.1. The third-order valence-corrected chi connectivity index (χ3v) is 6.27. The number of aromatic nitrogens is 2. The molecule has 1 fully saturated rings. The van der Waals surface area contributed by atoms with Crippen LogP contribution in [0.15, 0.2) is 36.5 Å². The fraction of sp³-hybridized carbons (Fsp3) is 0.348. The van der Waals surface area contributed by atoms with Crippen molar-refractivity contribution in [2.24, 2.45) is 5.92 Å². The smallest absolute Gasteiger partial charge is 0.320 e. The fourth-order valence-electron chi connectivity index (χ4n) is 4.01. The molecule has 162 valence electrons. The van der Waals surface area contributed by atoms with Crippen molar-refractivity contribution in [2.75, 3.05) is 11.9 Å². The quantitative estimate of drug-likeness (QED) is 0.412. The number of rotatable bonds is 5. The van der Waals surface area contributed by atoms with Gasteiger partial charge in [0.2, 0.25) is 0 Å². The van der Waals surface area contributed by atoms with E-state index in [1.807, 2.05) is 18.2 Å². The molecule has 1 heterocycles. The number of carbonyl (C=O) groups excluding carboxylic acids is 1. The topological polar surface area (TPSA) is 87.1 Å². The summed E-state index contributed by atoms with van der Waals surface area (Å²) in [5.74, 6) is 0.949. The van der Waals surface area contributed by atoms with Crippen LogP contribution in [0.2, 0.25) is 10.0 Å². The van der Waals surface area contributed by atoms with Gasteiger partial charge in [-0.1, -0.05) is 61.4 Å². The van der Waals surface area contributed by atoms with Gasteiger partial charge in [0.15, 0.2) is 11.6 Å². The van der Waals surface area contributed by atoms with Crippen LogP contribution in [0.5, 0.6) is 5.75 Å². The van der Waals surface area contributed by atoms with E-state index in [0.29, 0.717) is 23.4 Å². The number of fused-ring (bicyclic) bond motifs is 1. The molecule has 0 spiro atoms. The Hall–Kier alpha value is -2.57. The maximum atomic E-state index is 12.2. The van der Waals surface area contributed by atoms with Gasteiger partial charge in [0.05, 0.1) is 27.3 Å². The summed E-state index contributed by atoms with van der Waals surface area (Å²) in [7, 11) is 0. The minimum atomic E-state index is -0.280. The lowest BCUT2D eigenvalue weighted by Gasteiger charge is -2.21. The van der Waals surface area contributed by atoms with E-state index < -0.39 is 0 Å². The number of amides is 2. The molecule has 31 heavy (non-hydrogen) atoms. The van der Waals surface area contributed by atoms with E-state index in [1.165, 1.54) is 38.3 Å². The van der Waals surface area contributed by atoms with E-state index in [-0.39, 0.29) is 21.8 Å². The molecule has 8 heteroatoms. The van der Waals surface area contributed by atoms with E-state index in [1.54, 1.807) is 12.1 Å². The molecule has 6 nitrogen and oxygen atoms in total. The van der Waals surface area contributed by atoms with Crippen LogP contribution >= 0.6 is 23.2 Å². The number of phenolic OH excluding ortho intramolecular Hbond substituents is 1. The second-order valence-corrected chi connectivity index (χ2v) is 8.74. The predicted octanol–water partition coefficient (Wildman–Crippen LogP) is 6.40. The van der Waals surface area contributed by atoms with E-state index in [0.717, 1.165) is 23.5 Å². The maximum absolute atomic E-state index is 12.2. The third-order valence-electron chi connectivity index (χ3n) is 5.70. The van der Waals surface area contributed by atoms with Gasteiger partial charge in [0, 0.05) is 6.54 Å². The normalized spacial score (nSPS) is 14.5. The molecule has 1 aromatic heterocycles. The average Bonchev–Trinajstić information content (AvgIpc) is 2.77. The molecule has 0 unspecified atom stereocenters. The minimum absolute atomic E-state index is 0.145. The van der Waals surface area contributed by atoms with Crippen LogP contribution < -0.4 is 10.6 Å². The zero-order valence-electron chi connectivity index (χ0n) is 17.0. The molecule has 2 aromatic carbocycles. The van der Waals surface area contributed by atoms with Crippen LogP contribution in [0.1, 0.15) is 38.5 Å². The summed E-state index contributed by atoms with van der Waals surface area (Å²) in [6.45, 7) is 0.657. The van der Waals surface area contributed by atoms with Crippen LogP contribution in [-0.4, -0.2) is 27.7 Å². The van der Waals surface area contributed by atoms with Gasteiger partial charge < -0.3 is 10.4 Å². The highest BCUT2D eigenvalue weighted by atomic mass is 35.5. The first-order valence-corrected chi connectivity index (χ1v) is 11.3. The van der Waals surface area contributed by atoms with E-state index >= 15 is 0 Å². The molecule has 0 atom stereocenters. The number of aromatic hydroxyl groups is 1. The summed E-state index contributed by atoms with van der Waals surface area (Å²) in [5.41, 5.74) is 2.89. The van der Waals surface area contributed by atoms with E-state index in [4.69, 9.17) is 23.2 Å². The molecule has 0 aliphatic heterocycles. The summed E-state index contributed by atoms with van der Waals surface area (Å²) in [6, 6.07) is 8.55. The first kappa shape index (κ1) is 21.7. The number of urea groups is 1. The van der Waals surface area contributed by atoms with Crippen LogP contribution in [-0.2, 0) is 0 Å². The number of halogens is 2. The fourth-order valence-corrected chi connectivity index (χ4v) is 4.50. The first-order chi connectivity index (χ1) is 15.0. The van der Waals surface area contributed by atoms with Crippen molar-refractivity contribution in [3.8, 4) is 16.9 Å². The molecular formula is C23H24Cl2N4O2. The Kier molecular flexibility index (Phi) is 6.78. The predicted molar refractivity (Wildman–Crippen MR) is 125 cm³/mol. The summed E-state index contributed by atoms with van der Waals surface area (Å²) < 4.78 is 0. The molecule has 1 aliphatic rings. The second kappa shape index (κ2) is 9.71. The molecule has 0 radical (unpaired) electrons. The highest BCUT2D eigenvalue weighted by Gasteiger charge is 2.14. The van der Waals surface area contributed by atoms with E-state index in [9.17, 15) is 9.90 Å². The maximum Gasteiger partial charge on any atom is 0.320 e. The number of phenols is 1. The van der Waals surface area contributed by atoms with Crippen LogP contribution in [0.4, 0.5) is 10.6 Å². The number of nitrogens with one attached hydrogen (secondary N) is 2. The lowest BCUT2D eigenvalue weighted by atomic mass is 9.87. The van der Waals surface area contributed by atoms with Gasteiger partial charge in [-0.2, -0.15) is 0 Å². The van der Waals surface area contributed by atoms with Crippen LogP contribution in [0, 0.1) is 5.92 Å². The molecule has 3 aromatic rings. The molecule has 0 bridgehead atoms. The largest absolute Gasteiger partial charge is 0.505 e. The Bertz CT molecular complexity index is 1080. The van der Waals surface area contributed by atoms with Gasteiger partial charge in [0.25, 0.3) is 0 Å². The van der Waals surface area contributed by atoms with Gasteiger partial charge >= 0.3 is 6.03 Å². The summed E-state index contributed by atoms with van der Waals surface area (Å²) in [5, 5.41) is 15.8.